The van der Waals surface area contributed by atoms with E-state index in [1.54, 1.807) is 31.2 Å². The lowest BCUT2D eigenvalue weighted by Crippen LogP contribution is -2.51. The first-order chi connectivity index (χ1) is 19.5. The van der Waals surface area contributed by atoms with Crippen molar-refractivity contribution < 1.29 is 27.1 Å². The SMILES string of the molecule is CCCCNC(=O)[C@@H](C)N(Cc1ccc(F)cc1)C(=O)CN(c1ccc(C)cc1)S(=O)(=O)c1ccc(OC)c(Br)c1. The van der Waals surface area contributed by atoms with Gasteiger partial charge in [-0.25, -0.2) is 12.8 Å². The summed E-state index contributed by atoms with van der Waals surface area (Å²) in [6, 6.07) is 15.8. The largest absolute Gasteiger partial charge is 0.496 e. The lowest BCUT2D eigenvalue weighted by atomic mass is 10.1. The van der Waals surface area contributed by atoms with Gasteiger partial charge in [0, 0.05) is 13.1 Å². The Hall–Kier alpha value is -3.44. The van der Waals surface area contributed by atoms with Gasteiger partial charge in [0.05, 0.1) is 22.2 Å². The van der Waals surface area contributed by atoms with Crippen molar-refractivity contribution in [1.82, 2.24) is 10.2 Å². The van der Waals surface area contributed by atoms with Crippen molar-refractivity contribution in [3.63, 3.8) is 0 Å². The fourth-order valence-corrected chi connectivity index (χ4v) is 6.21. The van der Waals surface area contributed by atoms with Crippen molar-refractivity contribution in [2.45, 2.75) is 51.1 Å². The van der Waals surface area contributed by atoms with Gasteiger partial charge < -0.3 is 15.0 Å². The predicted molar refractivity (Wildman–Crippen MR) is 161 cm³/mol. The van der Waals surface area contributed by atoms with Gasteiger partial charge in [-0.1, -0.05) is 43.2 Å². The minimum Gasteiger partial charge on any atom is -0.496 e. The number of aryl methyl sites for hydroxylation is 1. The Morgan fingerprint density at radius 1 is 1.05 bits per heavy atom. The molecule has 0 fully saturated rings. The van der Waals surface area contributed by atoms with E-state index < -0.39 is 34.3 Å². The molecule has 2 amide bonds. The molecule has 3 aromatic carbocycles. The molecular weight excluding hydrogens is 613 g/mol. The van der Waals surface area contributed by atoms with Gasteiger partial charge in [-0.15, -0.1) is 0 Å². The molecule has 8 nitrogen and oxygen atoms in total. The van der Waals surface area contributed by atoms with E-state index in [4.69, 9.17) is 4.74 Å². The lowest BCUT2D eigenvalue weighted by molar-refractivity contribution is -0.139. The summed E-state index contributed by atoms with van der Waals surface area (Å²) in [5.41, 5.74) is 1.80. The highest BCUT2D eigenvalue weighted by atomic mass is 79.9. The number of halogens is 2. The number of nitrogens with one attached hydrogen (secondary N) is 1. The molecule has 0 unspecified atom stereocenters. The Morgan fingerprint density at radius 2 is 1.71 bits per heavy atom. The van der Waals surface area contributed by atoms with Crippen LogP contribution in [0.25, 0.3) is 0 Å². The average molecular weight is 649 g/mol. The number of anilines is 1. The molecule has 0 aliphatic carbocycles. The molecule has 0 saturated heterocycles. The quantitative estimate of drug-likeness (QED) is 0.250. The minimum atomic E-state index is -4.23. The van der Waals surface area contributed by atoms with E-state index >= 15 is 0 Å². The third-order valence-corrected chi connectivity index (χ3v) is 8.96. The van der Waals surface area contributed by atoms with Gasteiger partial charge >= 0.3 is 0 Å². The van der Waals surface area contributed by atoms with Gasteiger partial charge in [0.15, 0.2) is 0 Å². The zero-order valence-corrected chi connectivity index (χ0v) is 26.0. The topological polar surface area (TPSA) is 96.0 Å². The van der Waals surface area contributed by atoms with Crippen LogP contribution >= 0.6 is 15.9 Å². The third-order valence-electron chi connectivity index (χ3n) is 6.58. The maximum absolute atomic E-state index is 14.0. The van der Waals surface area contributed by atoms with Crippen LogP contribution in [-0.2, 0) is 26.2 Å². The molecule has 3 aromatic rings. The molecular formula is C30H35BrFN3O5S. The maximum Gasteiger partial charge on any atom is 0.264 e. The zero-order chi connectivity index (χ0) is 30.2. The summed E-state index contributed by atoms with van der Waals surface area (Å²) >= 11 is 3.34. The second kappa shape index (κ2) is 14.5. The number of unbranched alkanes of at least 4 members (excludes halogenated alkanes) is 1. The zero-order valence-electron chi connectivity index (χ0n) is 23.6. The number of hydrogen-bond donors (Lipinski definition) is 1. The Kier molecular flexibility index (Phi) is 11.3. The van der Waals surface area contributed by atoms with Crippen LogP contribution in [0.4, 0.5) is 10.1 Å². The molecule has 3 rings (SSSR count). The molecule has 0 spiro atoms. The molecule has 0 heterocycles. The summed E-state index contributed by atoms with van der Waals surface area (Å²) in [6.07, 6.45) is 1.67. The average Bonchev–Trinajstić information content (AvgIpc) is 2.95. The van der Waals surface area contributed by atoms with Gasteiger partial charge in [-0.2, -0.15) is 0 Å². The van der Waals surface area contributed by atoms with E-state index in [-0.39, 0.29) is 23.0 Å². The van der Waals surface area contributed by atoms with Crippen molar-refractivity contribution in [3.05, 3.63) is 88.1 Å². The number of sulfonamides is 1. The molecule has 0 aromatic heterocycles. The van der Waals surface area contributed by atoms with E-state index in [0.717, 1.165) is 22.7 Å². The molecule has 220 valence electrons. The first-order valence-corrected chi connectivity index (χ1v) is 15.5. The van der Waals surface area contributed by atoms with Crippen LogP contribution in [0.15, 0.2) is 76.1 Å². The number of methoxy groups -OCH3 is 1. The fourth-order valence-electron chi connectivity index (χ4n) is 4.08. The number of benzene rings is 3. The molecule has 11 heteroatoms. The molecule has 0 radical (unpaired) electrons. The summed E-state index contributed by atoms with van der Waals surface area (Å²) < 4.78 is 48.2. The molecule has 1 atom stereocenters. The predicted octanol–water partition coefficient (Wildman–Crippen LogP) is 5.43. The van der Waals surface area contributed by atoms with E-state index in [1.807, 2.05) is 13.8 Å². The van der Waals surface area contributed by atoms with E-state index in [9.17, 15) is 22.4 Å². The Labute approximate surface area is 249 Å². The Bertz CT molecular complexity index is 1450. The molecule has 1 N–H and O–H groups in total. The first kappa shape index (κ1) is 32.1. The molecule has 0 aliphatic heterocycles. The van der Waals surface area contributed by atoms with Crippen molar-refractivity contribution in [2.75, 3.05) is 24.5 Å². The summed E-state index contributed by atoms with van der Waals surface area (Å²) in [5.74, 6) is -0.934. The Balaban J connectivity index is 2.01. The van der Waals surface area contributed by atoms with Crippen LogP contribution in [0.5, 0.6) is 5.75 Å². The van der Waals surface area contributed by atoms with Crippen molar-refractivity contribution >= 4 is 43.5 Å². The highest BCUT2D eigenvalue weighted by molar-refractivity contribution is 9.10. The number of ether oxygens (including phenoxy) is 1. The summed E-state index contributed by atoms with van der Waals surface area (Å²) in [7, 11) is -2.76. The lowest BCUT2D eigenvalue weighted by Gasteiger charge is -2.32. The smallest absolute Gasteiger partial charge is 0.264 e. The van der Waals surface area contributed by atoms with Crippen LogP contribution in [0.1, 0.15) is 37.8 Å². The summed E-state index contributed by atoms with van der Waals surface area (Å²) in [5, 5.41) is 2.84. The van der Waals surface area contributed by atoms with Gasteiger partial charge in [0.2, 0.25) is 11.8 Å². The number of amides is 2. The van der Waals surface area contributed by atoms with Gasteiger partial charge in [0.25, 0.3) is 10.0 Å². The van der Waals surface area contributed by atoms with E-state index in [1.165, 1.54) is 54.5 Å². The summed E-state index contributed by atoms with van der Waals surface area (Å²) in [6.45, 7) is 5.33. The third kappa shape index (κ3) is 8.29. The normalized spacial score (nSPS) is 12.0. The van der Waals surface area contributed by atoms with Gasteiger partial charge in [-0.3, -0.25) is 13.9 Å². The monoisotopic (exact) mass is 647 g/mol. The maximum atomic E-state index is 14.0. The second-order valence-corrected chi connectivity index (χ2v) is 12.3. The number of nitrogens with zero attached hydrogens (tertiary/aromatic N) is 2. The highest BCUT2D eigenvalue weighted by Crippen LogP contribution is 2.31. The number of carbonyl (C=O) groups is 2. The van der Waals surface area contributed by atoms with Crippen molar-refractivity contribution in [3.8, 4) is 5.75 Å². The van der Waals surface area contributed by atoms with Crippen molar-refractivity contribution in [1.29, 1.82) is 0 Å². The standard InChI is InChI=1S/C30H35BrFN3O5S/c1-5-6-17-33-30(37)22(3)34(19-23-9-11-24(32)12-10-23)29(36)20-35(25-13-7-21(2)8-14-25)41(38,39)26-15-16-28(40-4)27(31)18-26/h7-16,18,22H,5-6,17,19-20H2,1-4H3,(H,33,37)/t22-/m1/s1. The first-order valence-electron chi connectivity index (χ1n) is 13.2. The summed E-state index contributed by atoms with van der Waals surface area (Å²) in [4.78, 5) is 28.2. The van der Waals surface area contributed by atoms with Crippen LogP contribution in [-0.4, -0.2) is 51.4 Å². The van der Waals surface area contributed by atoms with E-state index in [0.29, 0.717) is 22.3 Å². The Morgan fingerprint density at radius 3 is 2.29 bits per heavy atom. The van der Waals surface area contributed by atoms with Crippen LogP contribution in [0.3, 0.4) is 0 Å². The van der Waals surface area contributed by atoms with Crippen LogP contribution in [0.2, 0.25) is 0 Å². The molecule has 0 saturated carbocycles. The number of rotatable bonds is 13. The molecule has 0 aliphatic rings. The highest BCUT2D eigenvalue weighted by Gasteiger charge is 2.32. The number of hydrogen-bond acceptors (Lipinski definition) is 5. The molecule has 41 heavy (non-hydrogen) atoms. The van der Waals surface area contributed by atoms with E-state index in [2.05, 4.69) is 21.2 Å². The minimum absolute atomic E-state index is 0.0165. The second-order valence-electron chi connectivity index (χ2n) is 9.61. The molecule has 0 bridgehead atoms. The van der Waals surface area contributed by atoms with Gasteiger partial charge in [-0.05, 0) is 84.2 Å². The number of carbonyl (C=O) groups excluding carboxylic acids is 2. The fraction of sp³-hybridized carbons (Fsp3) is 0.333. The van der Waals surface area contributed by atoms with Crippen LogP contribution in [0, 0.1) is 12.7 Å². The van der Waals surface area contributed by atoms with Gasteiger partial charge in [0.1, 0.15) is 24.2 Å². The van der Waals surface area contributed by atoms with Crippen LogP contribution < -0.4 is 14.4 Å². The van der Waals surface area contributed by atoms with Crippen molar-refractivity contribution in [2.24, 2.45) is 0 Å².